The number of carbonyl (C=O) groups excluding carboxylic acids is 1. The first-order valence-corrected chi connectivity index (χ1v) is 10.8. The zero-order valence-electron chi connectivity index (χ0n) is 12.7. The molecule has 2 aliphatic heterocycles. The Bertz CT molecular complexity index is 856. The van der Waals surface area contributed by atoms with Gasteiger partial charge in [-0.3, -0.25) is 9.69 Å². The molecule has 1 aromatic heterocycles. The molecular formula is C11H15N6NaO5S3. The number of carbonyl (C=O) groups is 2. The van der Waals surface area contributed by atoms with Gasteiger partial charge in [-0.05, 0) is 16.0 Å². The summed E-state index contributed by atoms with van der Waals surface area (Å²) < 4.78 is 23.4. The molecule has 0 unspecified atom stereocenters. The van der Waals surface area contributed by atoms with Gasteiger partial charge in [0.1, 0.15) is 5.70 Å². The Balaban J connectivity index is 0.00000243. The summed E-state index contributed by atoms with van der Waals surface area (Å²) in [4.78, 5) is 24.6. The molecule has 26 heavy (non-hydrogen) atoms. The van der Waals surface area contributed by atoms with E-state index in [1.807, 2.05) is 0 Å². The van der Waals surface area contributed by atoms with Gasteiger partial charge < -0.3 is 5.11 Å². The topological polar surface area (TPSA) is 161 Å². The number of amides is 1. The number of hydrogen-bond acceptors (Lipinski definition) is 9. The Labute approximate surface area is 179 Å². The maximum absolute atomic E-state index is 11.7. The van der Waals surface area contributed by atoms with Gasteiger partial charge in [0, 0.05) is 11.5 Å². The summed E-state index contributed by atoms with van der Waals surface area (Å²) in [5, 5.41) is 25.6. The number of thioether (sulfide) groups is 2. The number of sulfonamides is 1. The van der Waals surface area contributed by atoms with E-state index in [1.165, 1.54) is 33.1 Å². The van der Waals surface area contributed by atoms with Gasteiger partial charge in [-0.2, -0.15) is 0 Å². The first-order chi connectivity index (χ1) is 11.8. The summed E-state index contributed by atoms with van der Waals surface area (Å²) in [6.45, 7) is 0.000434. The fourth-order valence-corrected chi connectivity index (χ4v) is 5.13. The van der Waals surface area contributed by atoms with Gasteiger partial charge >= 0.3 is 35.5 Å². The van der Waals surface area contributed by atoms with Gasteiger partial charge in [-0.25, -0.2) is 23.0 Å². The van der Waals surface area contributed by atoms with Crippen LogP contribution in [0.15, 0.2) is 16.4 Å². The van der Waals surface area contributed by atoms with Crippen molar-refractivity contribution in [2.75, 3.05) is 17.3 Å². The second-order valence-electron chi connectivity index (χ2n) is 5.33. The van der Waals surface area contributed by atoms with E-state index < -0.39 is 16.0 Å². The summed E-state index contributed by atoms with van der Waals surface area (Å²) in [5.41, 5.74) is 0.629. The van der Waals surface area contributed by atoms with Crippen molar-refractivity contribution in [3.05, 3.63) is 11.3 Å². The molecule has 1 amide bonds. The number of tetrazole rings is 1. The van der Waals surface area contributed by atoms with E-state index in [0.29, 0.717) is 22.9 Å². The molecule has 1 saturated heterocycles. The number of primary sulfonamides is 1. The number of carboxylic acid groups (broad SMARTS) is 1. The van der Waals surface area contributed by atoms with Gasteiger partial charge in [0.2, 0.25) is 21.1 Å². The van der Waals surface area contributed by atoms with Gasteiger partial charge in [0.05, 0.1) is 24.1 Å². The molecule has 1 aromatic rings. The molecule has 1 fully saturated rings. The van der Waals surface area contributed by atoms with Crippen molar-refractivity contribution in [3.8, 4) is 0 Å². The minimum atomic E-state index is -3.64. The van der Waals surface area contributed by atoms with Crippen LogP contribution in [0.4, 0.5) is 0 Å². The molecule has 2 aliphatic rings. The Morgan fingerprint density at radius 1 is 1.46 bits per heavy atom. The molecule has 0 saturated carbocycles. The zero-order valence-corrected chi connectivity index (χ0v) is 15.2. The van der Waals surface area contributed by atoms with Gasteiger partial charge in [-0.1, -0.05) is 11.8 Å². The van der Waals surface area contributed by atoms with Crippen LogP contribution in [-0.4, -0.2) is 103 Å². The van der Waals surface area contributed by atoms with Crippen LogP contribution in [-0.2, 0) is 26.2 Å². The molecule has 3 rings (SSSR count). The van der Waals surface area contributed by atoms with Crippen LogP contribution in [0.3, 0.4) is 0 Å². The molecule has 3 heterocycles. The SMILES string of the molecule is NS(=O)(=O)CCn1nnnc1SCC1=C(C(=O)O)N2C(=O)C[C@H]2SC1.[NaH]. The van der Waals surface area contributed by atoms with Crippen molar-refractivity contribution in [1.29, 1.82) is 0 Å². The predicted molar refractivity (Wildman–Crippen MR) is 96.0 cm³/mol. The van der Waals surface area contributed by atoms with Gasteiger partial charge in [0.25, 0.3) is 0 Å². The van der Waals surface area contributed by atoms with Gasteiger partial charge in [-0.15, -0.1) is 16.9 Å². The second-order valence-corrected chi connectivity index (χ2v) is 9.17. The average molecular weight is 430 g/mol. The van der Waals surface area contributed by atoms with Crippen LogP contribution < -0.4 is 5.14 Å². The standard InChI is InChI=1S/C11H14N6O5S3.Na.H/c12-25(21,22)2-1-16-11(13-14-15-16)24-5-6-4-23-8-3-7(18)17(8)9(6)10(19)20;;/h8H,1-5H2,(H,19,20)(H2,12,21,22);;/t8-;;/m1../s1. The Morgan fingerprint density at radius 2 is 2.19 bits per heavy atom. The minimum absolute atomic E-state index is 0. The number of β-lactam (4-membered cyclic amide) rings is 1. The number of aliphatic carboxylic acids is 1. The molecule has 138 valence electrons. The van der Waals surface area contributed by atoms with Crippen molar-refractivity contribution in [1.82, 2.24) is 25.1 Å². The number of carboxylic acids is 1. The van der Waals surface area contributed by atoms with Crippen LogP contribution in [0.5, 0.6) is 0 Å². The molecule has 0 spiro atoms. The Hall–Kier alpha value is -0.640. The third-order valence-electron chi connectivity index (χ3n) is 3.60. The summed E-state index contributed by atoms with van der Waals surface area (Å²) in [7, 11) is -3.64. The number of nitrogens with zero attached hydrogens (tertiary/aromatic N) is 5. The fourth-order valence-electron chi connectivity index (χ4n) is 2.39. The van der Waals surface area contributed by atoms with E-state index in [-0.39, 0.29) is 64.6 Å². The van der Waals surface area contributed by atoms with E-state index in [2.05, 4.69) is 15.5 Å². The van der Waals surface area contributed by atoms with Crippen molar-refractivity contribution in [2.45, 2.75) is 23.5 Å². The molecule has 0 aromatic carbocycles. The third-order valence-corrected chi connectivity index (χ3v) is 6.67. The van der Waals surface area contributed by atoms with E-state index >= 15 is 0 Å². The number of aryl methyl sites for hydroxylation is 1. The molecule has 0 radical (unpaired) electrons. The zero-order chi connectivity index (χ0) is 18.2. The van der Waals surface area contributed by atoms with E-state index in [0.717, 1.165) is 0 Å². The summed E-state index contributed by atoms with van der Waals surface area (Å²) in [6.07, 6.45) is 0.355. The molecule has 0 bridgehead atoms. The first-order valence-electron chi connectivity index (χ1n) is 7.04. The van der Waals surface area contributed by atoms with Crippen LogP contribution in [0.1, 0.15) is 6.42 Å². The second kappa shape index (κ2) is 8.58. The molecule has 0 aliphatic carbocycles. The van der Waals surface area contributed by atoms with E-state index in [1.54, 1.807) is 0 Å². The summed E-state index contributed by atoms with van der Waals surface area (Å²) >= 11 is 2.70. The summed E-state index contributed by atoms with van der Waals surface area (Å²) in [5.74, 6) is -0.866. The summed E-state index contributed by atoms with van der Waals surface area (Å²) in [6, 6.07) is 0. The Morgan fingerprint density at radius 3 is 2.81 bits per heavy atom. The average Bonchev–Trinajstić information content (AvgIpc) is 2.96. The van der Waals surface area contributed by atoms with Crippen LogP contribution >= 0.6 is 23.5 Å². The van der Waals surface area contributed by atoms with Gasteiger partial charge in [0.15, 0.2) is 0 Å². The van der Waals surface area contributed by atoms with Crippen LogP contribution in [0.25, 0.3) is 0 Å². The number of rotatable bonds is 7. The number of nitrogens with two attached hydrogens (primary N) is 1. The molecule has 1 atom stereocenters. The van der Waals surface area contributed by atoms with Crippen LogP contribution in [0.2, 0.25) is 0 Å². The van der Waals surface area contributed by atoms with E-state index in [4.69, 9.17) is 5.14 Å². The first kappa shape index (κ1) is 21.7. The third kappa shape index (κ3) is 4.79. The predicted octanol–water partition coefficient (Wildman–Crippen LogP) is -1.95. The van der Waals surface area contributed by atoms with Crippen LogP contribution in [0, 0.1) is 0 Å². The number of aromatic nitrogens is 4. The van der Waals surface area contributed by atoms with Crippen molar-refractivity contribution >= 4 is 75.0 Å². The normalized spacial score (nSPS) is 19.7. The van der Waals surface area contributed by atoms with Crippen molar-refractivity contribution < 1.29 is 23.1 Å². The molecule has 3 N–H and O–H groups in total. The number of fused-ring (bicyclic) bond motifs is 1. The van der Waals surface area contributed by atoms with Crippen molar-refractivity contribution in [2.24, 2.45) is 5.14 Å². The molecular weight excluding hydrogens is 415 g/mol. The maximum atomic E-state index is 11.7. The molecule has 11 nitrogen and oxygen atoms in total. The fraction of sp³-hybridized carbons (Fsp3) is 0.545. The molecule has 15 heteroatoms. The quantitative estimate of drug-likeness (QED) is 0.282. The number of hydrogen-bond donors (Lipinski definition) is 2. The van der Waals surface area contributed by atoms with Crippen molar-refractivity contribution in [3.63, 3.8) is 0 Å². The monoisotopic (exact) mass is 430 g/mol. The van der Waals surface area contributed by atoms with E-state index in [9.17, 15) is 23.1 Å². The Kier molecular flexibility index (Phi) is 7.15.